The van der Waals surface area contributed by atoms with E-state index in [2.05, 4.69) is 4.99 Å². The summed E-state index contributed by atoms with van der Waals surface area (Å²) in [6.45, 7) is 0. The van der Waals surface area contributed by atoms with Gasteiger partial charge < -0.3 is 0 Å². The van der Waals surface area contributed by atoms with E-state index in [4.69, 9.17) is 0 Å². The number of hydrogen-bond donors (Lipinski definition) is 0. The molecule has 0 atom stereocenters. The summed E-state index contributed by atoms with van der Waals surface area (Å²) in [6.07, 6.45) is 5.25. The Morgan fingerprint density at radius 2 is 2.45 bits per heavy atom. The van der Waals surface area contributed by atoms with E-state index in [-0.39, 0.29) is 10.6 Å². The Labute approximate surface area is 64.1 Å². The molecule has 0 amide bonds. The minimum Gasteiger partial charge on any atom is -0.296 e. The van der Waals surface area contributed by atoms with Crippen molar-refractivity contribution in [2.45, 2.75) is 6.42 Å². The van der Waals surface area contributed by atoms with Crippen LogP contribution in [-0.4, -0.2) is 18.2 Å². The third kappa shape index (κ3) is 1.73. The first-order valence-corrected chi connectivity index (χ1v) is 3.20. The SMILES string of the molecule is CN=CC1=CC=C([N+](=O)[O-])C1. The molecule has 0 aromatic rings. The van der Waals surface area contributed by atoms with Crippen LogP contribution in [0, 0.1) is 10.1 Å². The fourth-order valence-electron chi connectivity index (χ4n) is 0.910. The van der Waals surface area contributed by atoms with Crippen LogP contribution in [0.25, 0.3) is 0 Å². The number of nitrogens with zero attached hydrogens (tertiary/aromatic N) is 2. The average molecular weight is 152 g/mol. The Kier molecular flexibility index (Phi) is 2.15. The van der Waals surface area contributed by atoms with E-state index in [0.29, 0.717) is 6.42 Å². The van der Waals surface area contributed by atoms with Crippen LogP contribution >= 0.6 is 0 Å². The Morgan fingerprint density at radius 3 is 2.91 bits per heavy atom. The van der Waals surface area contributed by atoms with E-state index in [0.717, 1.165) is 5.57 Å². The van der Waals surface area contributed by atoms with Gasteiger partial charge in [-0.1, -0.05) is 6.08 Å². The first-order valence-electron chi connectivity index (χ1n) is 3.20. The van der Waals surface area contributed by atoms with Crippen LogP contribution in [0.2, 0.25) is 0 Å². The first kappa shape index (κ1) is 7.65. The van der Waals surface area contributed by atoms with Gasteiger partial charge in [-0.15, -0.1) is 0 Å². The molecule has 0 heterocycles. The third-order valence-electron chi connectivity index (χ3n) is 1.40. The molecule has 1 rings (SSSR count). The standard InChI is InChI=1S/C7H8N2O2/c1-8-5-6-2-3-7(4-6)9(10)11/h2-3,5H,4H2,1H3. The maximum atomic E-state index is 10.2. The van der Waals surface area contributed by atoms with E-state index in [1.807, 2.05) is 0 Å². The first-order chi connectivity index (χ1) is 5.24. The fraction of sp³-hybridized carbons (Fsp3) is 0.286. The summed E-state index contributed by atoms with van der Waals surface area (Å²) in [7, 11) is 1.64. The number of allylic oxidation sites excluding steroid dienone is 3. The van der Waals surface area contributed by atoms with Gasteiger partial charge in [0.2, 0.25) is 0 Å². The van der Waals surface area contributed by atoms with E-state index in [9.17, 15) is 10.1 Å². The smallest absolute Gasteiger partial charge is 0.250 e. The quantitative estimate of drug-likeness (QED) is 0.339. The average Bonchev–Trinajstić information content (AvgIpc) is 2.37. The lowest BCUT2D eigenvalue weighted by atomic mass is 10.2. The second kappa shape index (κ2) is 3.09. The van der Waals surface area contributed by atoms with Gasteiger partial charge in [-0.2, -0.15) is 0 Å². The number of aliphatic imine (C=N–C) groups is 1. The zero-order valence-electron chi connectivity index (χ0n) is 6.15. The molecule has 4 heteroatoms. The van der Waals surface area contributed by atoms with Crippen molar-refractivity contribution in [3.63, 3.8) is 0 Å². The Hall–Kier alpha value is -1.45. The lowest BCUT2D eigenvalue weighted by Gasteiger charge is -1.90. The maximum absolute atomic E-state index is 10.2. The highest BCUT2D eigenvalue weighted by molar-refractivity contribution is 5.80. The monoisotopic (exact) mass is 152 g/mol. The zero-order valence-corrected chi connectivity index (χ0v) is 6.15. The van der Waals surface area contributed by atoms with Crippen molar-refractivity contribution in [3.05, 3.63) is 33.5 Å². The Morgan fingerprint density at radius 1 is 1.73 bits per heavy atom. The Balaban J connectivity index is 2.59. The minimum absolute atomic E-state index is 0.236. The molecular weight excluding hydrogens is 144 g/mol. The van der Waals surface area contributed by atoms with Crippen molar-refractivity contribution in [2.24, 2.45) is 4.99 Å². The van der Waals surface area contributed by atoms with Crippen LogP contribution in [0.15, 0.2) is 28.4 Å². The van der Waals surface area contributed by atoms with E-state index in [1.165, 1.54) is 6.08 Å². The fourth-order valence-corrected chi connectivity index (χ4v) is 0.910. The lowest BCUT2D eigenvalue weighted by molar-refractivity contribution is -0.426. The molecule has 1 aliphatic carbocycles. The second-order valence-corrected chi connectivity index (χ2v) is 2.22. The molecule has 0 aromatic heterocycles. The summed E-state index contributed by atoms with van der Waals surface area (Å²) in [5.74, 6) is 0. The molecule has 0 saturated heterocycles. The normalized spacial score (nSPS) is 16.8. The van der Waals surface area contributed by atoms with E-state index >= 15 is 0 Å². The molecule has 11 heavy (non-hydrogen) atoms. The van der Waals surface area contributed by atoms with Crippen molar-refractivity contribution >= 4 is 6.21 Å². The molecule has 0 saturated carbocycles. The van der Waals surface area contributed by atoms with Crippen molar-refractivity contribution in [1.82, 2.24) is 0 Å². The highest BCUT2D eigenvalue weighted by Crippen LogP contribution is 2.17. The molecule has 0 radical (unpaired) electrons. The molecule has 4 nitrogen and oxygen atoms in total. The van der Waals surface area contributed by atoms with Crippen molar-refractivity contribution in [2.75, 3.05) is 7.05 Å². The molecule has 0 aliphatic heterocycles. The number of hydrogen-bond acceptors (Lipinski definition) is 3. The summed E-state index contributed by atoms with van der Waals surface area (Å²) in [5.41, 5.74) is 1.12. The van der Waals surface area contributed by atoms with Gasteiger partial charge in [0.25, 0.3) is 5.70 Å². The van der Waals surface area contributed by atoms with Gasteiger partial charge in [-0.3, -0.25) is 15.1 Å². The minimum atomic E-state index is -0.368. The van der Waals surface area contributed by atoms with Crippen LogP contribution in [0.1, 0.15) is 6.42 Å². The van der Waals surface area contributed by atoms with Crippen molar-refractivity contribution < 1.29 is 4.92 Å². The Bertz CT molecular complexity index is 264. The van der Waals surface area contributed by atoms with Gasteiger partial charge in [-0.25, -0.2) is 0 Å². The van der Waals surface area contributed by atoms with Crippen LogP contribution in [0.5, 0.6) is 0 Å². The molecule has 0 unspecified atom stereocenters. The molecule has 0 spiro atoms. The molecular formula is C7H8N2O2. The predicted octanol–water partition coefficient (Wildman–Crippen LogP) is 1.18. The summed E-state index contributed by atoms with van der Waals surface area (Å²) in [5, 5.41) is 10.2. The van der Waals surface area contributed by atoms with Crippen LogP contribution in [0.3, 0.4) is 0 Å². The van der Waals surface area contributed by atoms with Crippen LogP contribution in [-0.2, 0) is 0 Å². The lowest BCUT2D eigenvalue weighted by Crippen LogP contribution is -1.96. The molecule has 0 N–H and O–H groups in total. The summed E-state index contributed by atoms with van der Waals surface area (Å²) < 4.78 is 0. The summed E-state index contributed by atoms with van der Waals surface area (Å²) in [6, 6.07) is 0. The van der Waals surface area contributed by atoms with Gasteiger partial charge in [0, 0.05) is 19.3 Å². The van der Waals surface area contributed by atoms with Crippen LogP contribution < -0.4 is 0 Å². The number of rotatable bonds is 2. The van der Waals surface area contributed by atoms with Gasteiger partial charge in [-0.05, 0) is 5.57 Å². The predicted molar refractivity (Wildman–Crippen MR) is 42.2 cm³/mol. The van der Waals surface area contributed by atoms with Gasteiger partial charge in [0.1, 0.15) is 0 Å². The topological polar surface area (TPSA) is 55.5 Å². The third-order valence-corrected chi connectivity index (χ3v) is 1.40. The van der Waals surface area contributed by atoms with Crippen LogP contribution in [0.4, 0.5) is 0 Å². The second-order valence-electron chi connectivity index (χ2n) is 2.22. The molecule has 0 fully saturated rings. The molecule has 0 bridgehead atoms. The molecule has 0 aromatic carbocycles. The summed E-state index contributed by atoms with van der Waals surface area (Å²) in [4.78, 5) is 13.6. The number of nitro groups is 1. The van der Waals surface area contributed by atoms with Crippen molar-refractivity contribution in [3.8, 4) is 0 Å². The van der Waals surface area contributed by atoms with Gasteiger partial charge in [0.15, 0.2) is 0 Å². The van der Waals surface area contributed by atoms with E-state index < -0.39 is 0 Å². The highest BCUT2D eigenvalue weighted by atomic mass is 16.6. The van der Waals surface area contributed by atoms with Crippen molar-refractivity contribution in [1.29, 1.82) is 0 Å². The molecule has 58 valence electrons. The largest absolute Gasteiger partial charge is 0.296 e. The van der Waals surface area contributed by atoms with E-state index in [1.54, 1.807) is 19.3 Å². The highest BCUT2D eigenvalue weighted by Gasteiger charge is 2.15. The maximum Gasteiger partial charge on any atom is 0.250 e. The van der Waals surface area contributed by atoms with Gasteiger partial charge >= 0.3 is 0 Å². The zero-order chi connectivity index (χ0) is 8.27. The summed E-state index contributed by atoms with van der Waals surface area (Å²) >= 11 is 0. The molecule has 1 aliphatic rings. The van der Waals surface area contributed by atoms with Gasteiger partial charge in [0.05, 0.1) is 11.3 Å².